The van der Waals surface area contributed by atoms with Gasteiger partial charge in [0.2, 0.25) is 0 Å². The first-order chi connectivity index (χ1) is 4.81. The van der Waals surface area contributed by atoms with Gasteiger partial charge in [0.05, 0.1) is 5.75 Å². The molecule has 0 unspecified atom stereocenters. The lowest BCUT2D eigenvalue weighted by Gasteiger charge is -2.11. The molecule has 3 N–H and O–H groups in total. The van der Waals surface area contributed by atoms with Gasteiger partial charge < -0.3 is 5.73 Å². The molecular formula is C6H15NO3S. The molecule has 0 radical (unpaired) electrons. The first kappa shape index (κ1) is 10.9. The maximum absolute atomic E-state index is 10.3. The van der Waals surface area contributed by atoms with Gasteiger partial charge in [-0.3, -0.25) is 4.55 Å². The molecule has 0 aromatic rings. The van der Waals surface area contributed by atoms with Gasteiger partial charge in [0.15, 0.2) is 0 Å². The molecule has 0 bridgehead atoms. The van der Waals surface area contributed by atoms with Crippen LogP contribution in [0.25, 0.3) is 0 Å². The summed E-state index contributed by atoms with van der Waals surface area (Å²) in [5.74, 6) is 0.0114. The Hall–Kier alpha value is -0.130. The topological polar surface area (TPSA) is 80.4 Å². The van der Waals surface area contributed by atoms with Crippen molar-refractivity contribution in [2.75, 3.05) is 5.75 Å². The Morgan fingerprint density at radius 2 is 1.91 bits per heavy atom. The van der Waals surface area contributed by atoms with E-state index in [1.54, 1.807) is 0 Å². The van der Waals surface area contributed by atoms with Crippen LogP contribution in [0.5, 0.6) is 0 Å². The van der Waals surface area contributed by atoms with Crippen LogP contribution in [0.3, 0.4) is 0 Å². The molecule has 4 nitrogen and oxygen atoms in total. The van der Waals surface area contributed by atoms with Crippen LogP contribution in [0.2, 0.25) is 0 Å². The molecule has 0 aromatic carbocycles. The quantitative estimate of drug-likeness (QED) is 0.609. The largest absolute Gasteiger partial charge is 0.327 e. The Morgan fingerprint density at radius 1 is 1.45 bits per heavy atom. The molecule has 5 heteroatoms. The SMILES string of the molecule is CC(C)C[C@@H](N)CS(=O)(=O)O. The predicted octanol–water partition coefficient (Wildman–Crippen LogP) is 0.248. The molecule has 0 rings (SSSR count). The van der Waals surface area contributed by atoms with Crippen molar-refractivity contribution in [3.63, 3.8) is 0 Å². The molecule has 0 amide bonds. The molecule has 0 saturated heterocycles. The highest BCUT2D eigenvalue weighted by Gasteiger charge is 2.13. The van der Waals surface area contributed by atoms with E-state index in [0.717, 1.165) is 0 Å². The molecule has 0 heterocycles. The summed E-state index contributed by atoms with van der Waals surface area (Å²) in [7, 11) is -3.89. The molecule has 0 aromatic heterocycles. The Balaban J connectivity index is 3.80. The van der Waals surface area contributed by atoms with E-state index in [4.69, 9.17) is 10.3 Å². The van der Waals surface area contributed by atoms with Gasteiger partial charge in [0, 0.05) is 6.04 Å². The Labute approximate surface area is 67.5 Å². The first-order valence-corrected chi connectivity index (χ1v) is 5.13. The van der Waals surface area contributed by atoms with Gasteiger partial charge in [-0.1, -0.05) is 13.8 Å². The van der Waals surface area contributed by atoms with Crippen molar-refractivity contribution in [2.24, 2.45) is 11.7 Å². The summed E-state index contributed by atoms with van der Waals surface area (Å²) in [6, 6.07) is -0.454. The van der Waals surface area contributed by atoms with Gasteiger partial charge in [-0.25, -0.2) is 0 Å². The maximum Gasteiger partial charge on any atom is 0.266 e. The van der Waals surface area contributed by atoms with Gasteiger partial charge in [-0.05, 0) is 12.3 Å². The van der Waals surface area contributed by atoms with E-state index in [9.17, 15) is 8.42 Å². The van der Waals surface area contributed by atoms with Crippen LogP contribution in [0.4, 0.5) is 0 Å². The average molecular weight is 181 g/mol. The van der Waals surface area contributed by atoms with Crippen molar-refractivity contribution in [3.05, 3.63) is 0 Å². The van der Waals surface area contributed by atoms with E-state index in [2.05, 4.69) is 0 Å². The molecule has 68 valence electrons. The van der Waals surface area contributed by atoms with Crippen molar-refractivity contribution in [2.45, 2.75) is 26.3 Å². The fraction of sp³-hybridized carbons (Fsp3) is 1.00. The number of hydrogen-bond acceptors (Lipinski definition) is 3. The fourth-order valence-corrected chi connectivity index (χ4v) is 1.62. The Bertz CT molecular complexity index is 198. The zero-order valence-electron chi connectivity index (χ0n) is 6.82. The van der Waals surface area contributed by atoms with Crippen LogP contribution < -0.4 is 5.73 Å². The van der Waals surface area contributed by atoms with E-state index < -0.39 is 16.2 Å². The summed E-state index contributed by atoms with van der Waals surface area (Å²) in [5.41, 5.74) is 5.42. The van der Waals surface area contributed by atoms with Gasteiger partial charge in [-0.2, -0.15) is 8.42 Å². The second-order valence-corrected chi connectivity index (χ2v) is 4.64. The lowest BCUT2D eigenvalue weighted by molar-refractivity contribution is 0.461. The van der Waals surface area contributed by atoms with Gasteiger partial charge in [-0.15, -0.1) is 0 Å². The van der Waals surface area contributed by atoms with Crippen LogP contribution in [0, 0.1) is 5.92 Å². The second-order valence-electron chi connectivity index (χ2n) is 3.14. The first-order valence-electron chi connectivity index (χ1n) is 3.52. The molecule has 0 aliphatic carbocycles. The number of rotatable bonds is 4. The lowest BCUT2D eigenvalue weighted by atomic mass is 10.1. The van der Waals surface area contributed by atoms with Gasteiger partial charge in [0.25, 0.3) is 10.1 Å². The zero-order valence-corrected chi connectivity index (χ0v) is 7.63. The fourth-order valence-electron chi connectivity index (χ4n) is 0.944. The minimum absolute atomic E-state index is 0.342. The highest BCUT2D eigenvalue weighted by molar-refractivity contribution is 7.85. The van der Waals surface area contributed by atoms with E-state index >= 15 is 0 Å². The van der Waals surface area contributed by atoms with Crippen LogP contribution in [0.1, 0.15) is 20.3 Å². The summed E-state index contributed by atoms with van der Waals surface area (Å²) < 4.78 is 29.0. The van der Waals surface area contributed by atoms with Crippen molar-refractivity contribution >= 4 is 10.1 Å². The van der Waals surface area contributed by atoms with Crippen LogP contribution in [0.15, 0.2) is 0 Å². The average Bonchev–Trinajstić information content (AvgIpc) is 1.53. The molecule has 0 saturated carbocycles. The summed E-state index contributed by atoms with van der Waals surface area (Å²) in [6.07, 6.45) is 0.611. The van der Waals surface area contributed by atoms with Crippen LogP contribution in [-0.4, -0.2) is 24.8 Å². The monoisotopic (exact) mass is 181 g/mol. The molecule has 1 atom stereocenters. The number of hydrogen-bond donors (Lipinski definition) is 2. The molecule has 11 heavy (non-hydrogen) atoms. The third-order valence-electron chi connectivity index (χ3n) is 1.20. The zero-order chi connectivity index (χ0) is 9.07. The van der Waals surface area contributed by atoms with Crippen LogP contribution >= 0.6 is 0 Å². The summed E-state index contributed by atoms with van der Waals surface area (Å²) in [4.78, 5) is 0. The van der Waals surface area contributed by atoms with E-state index in [1.165, 1.54) is 0 Å². The van der Waals surface area contributed by atoms with Crippen molar-refractivity contribution in [3.8, 4) is 0 Å². The molecule has 0 spiro atoms. The van der Waals surface area contributed by atoms with Crippen molar-refractivity contribution < 1.29 is 13.0 Å². The predicted molar refractivity (Wildman–Crippen MR) is 43.8 cm³/mol. The summed E-state index contributed by atoms with van der Waals surface area (Å²) in [6.45, 7) is 3.90. The summed E-state index contributed by atoms with van der Waals surface area (Å²) >= 11 is 0. The van der Waals surface area contributed by atoms with Crippen molar-refractivity contribution in [1.82, 2.24) is 0 Å². The van der Waals surface area contributed by atoms with Gasteiger partial charge >= 0.3 is 0 Å². The molecule has 0 aliphatic rings. The smallest absolute Gasteiger partial charge is 0.266 e. The standard InChI is InChI=1S/C6H15NO3S/c1-5(2)3-6(7)4-11(8,9)10/h5-6H,3-4,7H2,1-2H3,(H,8,9,10)/t6-/m1/s1. The highest BCUT2D eigenvalue weighted by Crippen LogP contribution is 2.03. The van der Waals surface area contributed by atoms with E-state index in [1.807, 2.05) is 13.8 Å². The second kappa shape index (κ2) is 4.04. The Morgan fingerprint density at radius 3 is 2.18 bits per heavy atom. The highest BCUT2D eigenvalue weighted by atomic mass is 32.2. The lowest BCUT2D eigenvalue weighted by Crippen LogP contribution is -2.30. The van der Waals surface area contributed by atoms with E-state index in [-0.39, 0.29) is 5.75 Å². The minimum atomic E-state index is -3.89. The third kappa shape index (κ3) is 7.77. The van der Waals surface area contributed by atoms with Crippen LogP contribution in [-0.2, 0) is 10.1 Å². The number of nitrogens with two attached hydrogens (primary N) is 1. The van der Waals surface area contributed by atoms with Crippen molar-refractivity contribution in [1.29, 1.82) is 0 Å². The minimum Gasteiger partial charge on any atom is -0.327 e. The summed E-state index contributed by atoms with van der Waals surface area (Å²) in [5, 5.41) is 0. The van der Waals surface area contributed by atoms with Gasteiger partial charge in [0.1, 0.15) is 0 Å². The molecular weight excluding hydrogens is 166 g/mol. The van der Waals surface area contributed by atoms with E-state index in [0.29, 0.717) is 12.3 Å². The molecule has 0 fully saturated rings. The normalized spacial score (nSPS) is 15.4. The molecule has 0 aliphatic heterocycles. The third-order valence-corrected chi connectivity index (χ3v) is 2.05. The maximum atomic E-state index is 10.3. The Kier molecular flexibility index (Phi) is 3.99.